The second kappa shape index (κ2) is 7.54. The first-order valence-corrected chi connectivity index (χ1v) is 10.3. The summed E-state index contributed by atoms with van der Waals surface area (Å²) in [5, 5.41) is 11.1. The summed E-state index contributed by atoms with van der Waals surface area (Å²) in [6.45, 7) is 0. The number of methoxy groups -OCH3 is 1. The van der Waals surface area contributed by atoms with E-state index in [9.17, 15) is 22.9 Å². The van der Waals surface area contributed by atoms with Crippen LogP contribution in [0, 0.1) is 0 Å². The lowest BCUT2D eigenvalue weighted by atomic mass is 9.63. The Hall–Kier alpha value is -2.42. The number of nitrogens with one attached hydrogen (secondary N) is 1. The van der Waals surface area contributed by atoms with E-state index in [4.69, 9.17) is 4.74 Å². The first-order chi connectivity index (χ1) is 13.2. The van der Waals surface area contributed by atoms with Crippen LogP contribution in [0.4, 0.5) is 0 Å². The lowest BCUT2D eigenvalue weighted by Crippen LogP contribution is -2.51. The quantitative estimate of drug-likeness (QED) is 0.736. The van der Waals surface area contributed by atoms with Crippen molar-refractivity contribution in [2.75, 3.05) is 7.11 Å². The monoisotopic (exact) mass is 404 g/mol. The molecule has 0 saturated heterocycles. The van der Waals surface area contributed by atoms with Crippen LogP contribution in [0.2, 0.25) is 0 Å². The van der Waals surface area contributed by atoms with Gasteiger partial charge in [-0.15, -0.1) is 0 Å². The number of benzene rings is 2. The number of carbonyl (C=O) groups excluding carboxylic acids is 1. The predicted molar refractivity (Wildman–Crippen MR) is 101 cm³/mol. The average Bonchev–Trinajstić information content (AvgIpc) is 2.68. The largest absolute Gasteiger partial charge is 0.731 e. The molecule has 2 aromatic carbocycles. The maximum atomic E-state index is 12.9. The normalized spacial score (nSPS) is 25.1. The summed E-state index contributed by atoms with van der Waals surface area (Å²) in [7, 11) is -3.47. The highest BCUT2D eigenvalue weighted by Crippen LogP contribution is 2.47. The van der Waals surface area contributed by atoms with Gasteiger partial charge < -0.3 is 14.4 Å². The van der Waals surface area contributed by atoms with Crippen molar-refractivity contribution >= 4 is 16.2 Å². The summed E-state index contributed by atoms with van der Waals surface area (Å²) >= 11 is 0. The van der Waals surface area contributed by atoms with E-state index in [1.807, 2.05) is 30.3 Å². The molecule has 28 heavy (non-hydrogen) atoms. The van der Waals surface area contributed by atoms with Crippen LogP contribution in [-0.4, -0.2) is 31.1 Å². The van der Waals surface area contributed by atoms with Crippen LogP contribution >= 0.6 is 0 Å². The van der Waals surface area contributed by atoms with Crippen molar-refractivity contribution in [3.63, 3.8) is 0 Å². The zero-order valence-corrected chi connectivity index (χ0v) is 16.2. The molecule has 0 bridgehead atoms. The summed E-state index contributed by atoms with van der Waals surface area (Å²) < 4.78 is 40.3. The summed E-state index contributed by atoms with van der Waals surface area (Å²) in [6, 6.07) is 15.9. The number of ether oxygens (including phenoxy) is 1. The molecule has 7 nitrogen and oxygen atoms in total. The summed E-state index contributed by atoms with van der Waals surface area (Å²) in [4.78, 5) is 12.9. The van der Waals surface area contributed by atoms with Gasteiger partial charge in [0.25, 0.3) is 0 Å². The van der Waals surface area contributed by atoms with Gasteiger partial charge in [0.05, 0.1) is 18.1 Å². The van der Waals surface area contributed by atoms with E-state index >= 15 is 0 Å². The number of rotatable bonds is 5. The van der Waals surface area contributed by atoms with E-state index in [-0.39, 0.29) is 25.7 Å². The van der Waals surface area contributed by atoms with Gasteiger partial charge in [0.1, 0.15) is 5.75 Å². The third-order valence-electron chi connectivity index (χ3n) is 5.52. The van der Waals surface area contributed by atoms with Crippen molar-refractivity contribution in [2.24, 2.45) is 0 Å². The topological polar surface area (TPSA) is 116 Å². The van der Waals surface area contributed by atoms with Crippen LogP contribution in [0.25, 0.3) is 0 Å². The SMILES string of the molecule is COc1cccc(C2(C(=O)NS(=O)(=O)[O-])CCC(O)(c3ccccc3)CC2)c1. The molecule has 150 valence electrons. The summed E-state index contributed by atoms with van der Waals surface area (Å²) in [5.41, 5.74) is -1.10. The zero-order chi connectivity index (χ0) is 20.4. The van der Waals surface area contributed by atoms with Gasteiger partial charge in [-0.05, 0) is 48.9 Å². The predicted octanol–water partition coefficient (Wildman–Crippen LogP) is 1.97. The van der Waals surface area contributed by atoms with Crippen molar-refractivity contribution in [3.05, 3.63) is 65.7 Å². The molecule has 1 aliphatic rings. The molecule has 0 heterocycles. The van der Waals surface area contributed by atoms with Crippen LogP contribution in [0.5, 0.6) is 5.75 Å². The second-order valence-corrected chi connectivity index (χ2v) is 8.21. The third kappa shape index (κ3) is 4.04. The Kier molecular flexibility index (Phi) is 5.47. The fourth-order valence-corrected chi connectivity index (χ4v) is 4.33. The van der Waals surface area contributed by atoms with Crippen molar-refractivity contribution in [1.82, 2.24) is 4.72 Å². The summed E-state index contributed by atoms with van der Waals surface area (Å²) in [6.07, 6.45) is 0.820. The van der Waals surface area contributed by atoms with E-state index in [0.29, 0.717) is 11.3 Å². The van der Waals surface area contributed by atoms with Crippen molar-refractivity contribution in [1.29, 1.82) is 0 Å². The lowest BCUT2D eigenvalue weighted by molar-refractivity contribution is -0.129. The number of carbonyl (C=O) groups is 1. The van der Waals surface area contributed by atoms with E-state index < -0.39 is 27.2 Å². The minimum atomic E-state index is -4.96. The molecule has 0 spiro atoms. The lowest BCUT2D eigenvalue weighted by Gasteiger charge is -2.43. The Labute approximate surface area is 164 Å². The van der Waals surface area contributed by atoms with Crippen molar-refractivity contribution < 1.29 is 27.6 Å². The fraction of sp³-hybridized carbons (Fsp3) is 0.350. The zero-order valence-electron chi connectivity index (χ0n) is 15.4. The molecule has 0 aromatic heterocycles. The Morgan fingerprint density at radius 1 is 1.04 bits per heavy atom. The van der Waals surface area contributed by atoms with Crippen LogP contribution in [0.15, 0.2) is 54.6 Å². The molecule has 1 aliphatic carbocycles. The molecular formula is C20H22NO6S-. The molecule has 1 fully saturated rings. The van der Waals surface area contributed by atoms with E-state index in [2.05, 4.69) is 0 Å². The standard InChI is InChI=1S/C20H23NO6S/c1-27-17-9-5-8-16(14-17)19(18(22)21-28(24,25)26)10-12-20(23,13-11-19)15-6-3-2-4-7-15/h2-9,14,23H,10-13H2,1H3,(H,21,22)(H,24,25,26)/p-1. The van der Waals surface area contributed by atoms with E-state index in [1.54, 1.807) is 29.0 Å². The minimum Gasteiger partial charge on any atom is -0.731 e. The highest BCUT2D eigenvalue weighted by atomic mass is 32.2. The minimum absolute atomic E-state index is 0.174. The van der Waals surface area contributed by atoms with Crippen LogP contribution in [0.1, 0.15) is 36.8 Å². The fourth-order valence-electron chi connectivity index (χ4n) is 3.91. The number of hydrogen-bond acceptors (Lipinski definition) is 6. The maximum absolute atomic E-state index is 12.9. The molecule has 3 rings (SSSR count). The van der Waals surface area contributed by atoms with Crippen LogP contribution < -0.4 is 9.46 Å². The average molecular weight is 404 g/mol. The number of aliphatic hydroxyl groups is 1. The Bertz CT molecular complexity index is 950. The third-order valence-corrected chi connectivity index (χ3v) is 5.95. The second-order valence-electron chi connectivity index (χ2n) is 7.10. The van der Waals surface area contributed by atoms with Gasteiger partial charge in [-0.2, -0.15) is 0 Å². The van der Waals surface area contributed by atoms with Gasteiger partial charge in [-0.3, -0.25) is 9.52 Å². The van der Waals surface area contributed by atoms with Gasteiger partial charge in [0.2, 0.25) is 5.91 Å². The number of hydrogen-bond donors (Lipinski definition) is 2. The van der Waals surface area contributed by atoms with Gasteiger partial charge in [0, 0.05) is 0 Å². The molecule has 0 radical (unpaired) electrons. The molecular weight excluding hydrogens is 382 g/mol. The molecule has 8 heteroatoms. The van der Waals surface area contributed by atoms with Crippen LogP contribution in [-0.2, 0) is 26.1 Å². The molecule has 1 amide bonds. The highest BCUT2D eigenvalue weighted by molar-refractivity contribution is 7.84. The number of amides is 1. The van der Waals surface area contributed by atoms with Crippen molar-refractivity contribution in [3.8, 4) is 5.75 Å². The maximum Gasteiger partial charge on any atom is 0.243 e. The first-order valence-electron chi connectivity index (χ1n) is 8.89. The van der Waals surface area contributed by atoms with Crippen molar-refractivity contribution in [2.45, 2.75) is 36.7 Å². The molecule has 1 saturated carbocycles. The Morgan fingerprint density at radius 3 is 2.21 bits per heavy atom. The first kappa shape index (κ1) is 20.3. The van der Waals surface area contributed by atoms with E-state index in [0.717, 1.165) is 5.56 Å². The molecule has 2 aromatic rings. The highest BCUT2D eigenvalue weighted by Gasteiger charge is 2.48. The Balaban J connectivity index is 1.98. The van der Waals surface area contributed by atoms with Gasteiger partial charge >= 0.3 is 0 Å². The molecule has 0 atom stereocenters. The summed E-state index contributed by atoms with van der Waals surface area (Å²) in [5.74, 6) is -0.371. The molecule has 2 N–H and O–H groups in total. The smallest absolute Gasteiger partial charge is 0.243 e. The van der Waals surface area contributed by atoms with Crippen LogP contribution in [0.3, 0.4) is 0 Å². The molecule has 0 unspecified atom stereocenters. The van der Waals surface area contributed by atoms with E-state index in [1.165, 1.54) is 7.11 Å². The van der Waals surface area contributed by atoms with Gasteiger partial charge in [-0.25, -0.2) is 8.42 Å². The Morgan fingerprint density at radius 2 is 1.64 bits per heavy atom. The molecule has 0 aliphatic heterocycles. The van der Waals surface area contributed by atoms with Gasteiger partial charge in [-0.1, -0.05) is 42.5 Å². The van der Waals surface area contributed by atoms with Gasteiger partial charge in [0.15, 0.2) is 10.3 Å².